The monoisotopic (exact) mass is 377 g/mol. The molecule has 4 rings (SSSR count). The van der Waals surface area contributed by atoms with Crippen LogP contribution in [0.4, 0.5) is 5.82 Å². The Morgan fingerprint density at radius 2 is 1.92 bits per heavy atom. The average Bonchev–Trinajstić information content (AvgIpc) is 3.06. The molecule has 0 spiro atoms. The molecule has 0 amide bonds. The summed E-state index contributed by atoms with van der Waals surface area (Å²) in [4.78, 5) is 22.3. The summed E-state index contributed by atoms with van der Waals surface area (Å²) >= 11 is 1.76. The number of carboxylic acid groups (broad SMARTS) is 1. The Bertz CT molecular complexity index is 858. The van der Waals surface area contributed by atoms with Crippen molar-refractivity contribution in [3.05, 3.63) is 53.2 Å². The zero-order valence-corrected chi connectivity index (χ0v) is 18.0. The molecule has 0 saturated carbocycles. The van der Waals surface area contributed by atoms with Gasteiger partial charge in [0.1, 0.15) is 5.82 Å². The number of para-hydroxylation sites is 1. The molecule has 122 valence electrons. The minimum absolute atomic E-state index is 0. The van der Waals surface area contributed by atoms with Gasteiger partial charge in [0.25, 0.3) is 0 Å². The third kappa shape index (κ3) is 3.96. The van der Waals surface area contributed by atoms with E-state index in [0.29, 0.717) is 11.7 Å². The van der Waals surface area contributed by atoms with Crippen LogP contribution in [0.1, 0.15) is 34.1 Å². The molecule has 0 radical (unpaired) electrons. The van der Waals surface area contributed by atoms with Gasteiger partial charge in [-0.1, -0.05) is 12.1 Å². The molecule has 1 aromatic carbocycles. The number of nitrogens with zero attached hydrogens (tertiary/aromatic N) is 3. The van der Waals surface area contributed by atoms with E-state index in [1.165, 1.54) is 9.71 Å². The maximum atomic E-state index is 11.3. The van der Waals surface area contributed by atoms with Crippen molar-refractivity contribution < 1.29 is 61.3 Å². The second-order valence-electron chi connectivity index (χ2n) is 5.94. The molecule has 1 saturated heterocycles. The van der Waals surface area contributed by atoms with Gasteiger partial charge < -0.3 is 14.8 Å². The molecule has 7 heteroatoms. The average molecular weight is 378 g/mol. The summed E-state index contributed by atoms with van der Waals surface area (Å²) in [7, 11) is 0. The minimum Gasteiger partial charge on any atom is -0.545 e. The van der Waals surface area contributed by atoms with Gasteiger partial charge in [-0.15, -0.1) is 11.3 Å². The smallest absolute Gasteiger partial charge is 0.545 e. The van der Waals surface area contributed by atoms with Crippen molar-refractivity contribution in [1.82, 2.24) is 9.97 Å². The molecule has 0 bridgehead atoms. The Morgan fingerprint density at radius 1 is 1.16 bits per heavy atom. The van der Waals surface area contributed by atoms with E-state index in [0.717, 1.165) is 31.4 Å². The Kier molecular flexibility index (Phi) is 6.24. The number of piperidine rings is 1. The molecule has 25 heavy (non-hydrogen) atoms. The topological polar surface area (TPSA) is 69.2 Å². The second-order valence-corrected chi connectivity index (χ2v) is 7.01. The molecule has 0 N–H and O–H groups in total. The molecule has 2 aromatic heterocycles. The van der Waals surface area contributed by atoms with Crippen molar-refractivity contribution in [2.75, 3.05) is 18.0 Å². The van der Waals surface area contributed by atoms with Crippen molar-refractivity contribution in [1.29, 1.82) is 0 Å². The zero-order valence-electron chi connectivity index (χ0n) is 14.0. The number of anilines is 1. The van der Waals surface area contributed by atoms with Crippen molar-refractivity contribution in [2.45, 2.75) is 18.8 Å². The number of carbonyl (C=O) groups excluding carboxylic acids is 1. The summed E-state index contributed by atoms with van der Waals surface area (Å²) in [6.45, 7) is 1.55. The van der Waals surface area contributed by atoms with Crippen LogP contribution in [-0.4, -0.2) is 29.0 Å². The molecule has 0 atom stereocenters. The van der Waals surface area contributed by atoms with Gasteiger partial charge in [-0.2, -0.15) is 0 Å². The number of thiazole rings is 1. The number of pyridine rings is 1. The number of rotatable bonds is 3. The van der Waals surface area contributed by atoms with Gasteiger partial charge in [0.15, 0.2) is 0 Å². The van der Waals surface area contributed by atoms with Crippen LogP contribution in [0, 0.1) is 0 Å². The first-order chi connectivity index (χ1) is 11.7. The van der Waals surface area contributed by atoms with Gasteiger partial charge >= 0.3 is 51.4 Å². The van der Waals surface area contributed by atoms with Crippen LogP contribution < -0.4 is 61.4 Å². The zero-order chi connectivity index (χ0) is 16.5. The van der Waals surface area contributed by atoms with Gasteiger partial charge in [0.2, 0.25) is 0 Å². The van der Waals surface area contributed by atoms with Gasteiger partial charge in [-0.3, -0.25) is 0 Å². The molecule has 0 aliphatic carbocycles. The predicted molar refractivity (Wildman–Crippen MR) is 92.4 cm³/mol. The van der Waals surface area contributed by atoms with E-state index in [2.05, 4.69) is 11.1 Å². The van der Waals surface area contributed by atoms with E-state index >= 15 is 0 Å². The van der Waals surface area contributed by atoms with Gasteiger partial charge in [0, 0.05) is 30.8 Å². The van der Waals surface area contributed by atoms with Gasteiger partial charge in [-0.25, -0.2) is 9.97 Å². The number of aromatic nitrogens is 2. The van der Waals surface area contributed by atoms with Crippen LogP contribution in [0.15, 0.2) is 42.6 Å². The molecule has 3 heterocycles. The predicted octanol–water partition coefficient (Wildman–Crippen LogP) is -0.557. The molecule has 3 aromatic rings. The van der Waals surface area contributed by atoms with Gasteiger partial charge in [-0.05, 0) is 37.1 Å². The number of carbonyl (C=O) groups is 1. The number of aromatic carboxylic acids is 1. The van der Waals surface area contributed by atoms with E-state index < -0.39 is 5.97 Å². The maximum absolute atomic E-state index is 11.3. The number of hydrogen-bond donors (Lipinski definition) is 0. The molecule has 5 nitrogen and oxygen atoms in total. The van der Waals surface area contributed by atoms with Crippen molar-refractivity contribution in [3.63, 3.8) is 0 Å². The van der Waals surface area contributed by atoms with Crippen LogP contribution in [0.5, 0.6) is 0 Å². The Hall–Kier alpha value is -0.834. The van der Waals surface area contributed by atoms with Crippen LogP contribution in [0.25, 0.3) is 10.2 Å². The third-order valence-corrected chi connectivity index (χ3v) is 5.66. The molecule has 1 aliphatic heterocycles. The molecular weight excluding hydrogens is 361 g/mol. The fraction of sp³-hybridized carbons (Fsp3) is 0.278. The standard InChI is InChI=1S/C18H17N3O2S.K/c22-18(23)13-4-3-9-19-16(13)21-10-7-12(8-11-21)17-20-14-5-1-2-6-15(14)24-17;/h1-6,9,12H,7-8,10-11H2,(H,22,23);/q;+1/p-1. The molecular formula is C18H16KN3O2S. The summed E-state index contributed by atoms with van der Waals surface area (Å²) in [5.74, 6) is -0.236. The summed E-state index contributed by atoms with van der Waals surface area (Å²) in [6.07, 6.45) is 3.52. The molecule has 1 fully saturated rings. The summed E-state index contributed by atoms with van der Waals surface area (Å²) < 4.78 is 1.22. The second kappa shape index (κ2) is 8.24. The van der Waals surface area contributed by atoms with E-state index in [9.17, 15) is 9.90 Å². The summed E-state index contributed by atoms with van der Waals surface area (Å²) in [5.41, 5.74) is 1.22. The normalized spacial score (nSPS) is 15.1. The van der Waals surface area contributed by atoms with Gasteiger partial charge in [0.05, 0.1) is 21.2 Å². The van der Waals surface area contributed by atoms with Crippen LogP contribution in [-0.2, 0) is 0 Å². The fourth-order valence-electron chi connectivity index (χ4n) is 3.21. The Morgan fingerprint density at radius 3 is 2.64 bits per heavy atom. The first-order valence-corrected chi connectivity index (χ1v) is 8.81. The number of hydrogen-bond acceptors (Lipinski definition) is 6. The summed E-state index contributed by atoms with van der Waals surface area (Å²) in [6, 6.07) is 11.4. The Balaban J connectivity index is 0.00000182. The summed E-state index contributed by atoms with van der Waals surface area (Å²) in [5, 5.41) is 12.4. The quantitative estimate of drug-likeness (QED) is 0.573. The van der Waals surface area contributed by atoms with Crippen molar-refractivity contribution in [2.24, 2.45) is 0 Å². The van der Waals surface area contributed by atoms with E-state index in [1.807, 2.05) is 23.1 Å². The third-order valence-electron chi connectivity index (χ3n) is 4.46. The first kappa shape index (κ1) is 18.9. The van der Waals surface area contributed by atoms with E-state index in [-0.39, 0.29) is 56.9 Å². The maximum Gasteiger partial charge on any atom is 1.00 e. The first-order valence-electron chi connectivity index (χ1n) is 7.99. The van der Waals surface area contributed by atoms with Crippen molar-refractivity contribution in [3.8, 4) is 0 Å². The number of benzene rings is 1. The van der Waals surface area contributed by atoms with E-state index in [4.69, 9.17) is 4.98 Å². The minimum atomic E-state index is -1.17. The van der Waals surface area contributed by atoms with E-state index in [1.54, 1.807) is 29.7 Å². The molecule has 1 aliphatic rings. The fourth-order valence-corrected chi connectivity index (χ4v) is 4.35. The largest absolute Gasteiger partial charge is 1.00 e. The molecule has 0 unspecified atom stereocenters. The number of carboxylic acids is 1. The van der Waals surface area contributed by atoms with Crippen molar-refractivity contribution >= 4 is 33.3 Å². The Labute approximate surface area is 192 Å². The number of fused-ring (bicyclic) bond motifs is 1. The van der Waals surface area contributed by atoms with Crippen LogP contribution in [0.2, 0.25) is 0 Å². The SMILES string of the molecule is O=C([O-])c1cccnc1N1CCC(c2nc3ccccc3s2)CC1.[K+]. The van der Waals surface area contributed by atoms with Crippen LogP contribution in [0.3, 0.4) is 0 Å². The van der Waals surface area contributed by atoms with Crippen LogP contribution >= 0.6 is 11.3 Å².